The second-order valence-electron chi connectivity index (χ2n) is 3.64. The molecule has 0 spiro atoms. The number of hydrogen-bond donors (Lipinski definition) is 1. The van der Waals surface area contributed by atoms with Crippen molar-refractivity contribution in [2.45, 2.75) is 26.7 Å². The average Bonchev–Trinajstić information content (AvgIpc) is 2.79. The Morgan fingerprint density at radius 2 is 2.31 bits per heavy atom. The van der Waals surface area contributed by atoms with E-state index >= 15 is 0 Å². The molecule has 0 aliphatic heterocycles. The summed E-state index contributed by atoms with van der Waals surface area (Å²) in [7, 11) is 1.40. The highest BCUT2D eigenvalue weighted by Crippen LogP contribution is 2.29. The molecule has 2 rings (SSSR count). The number of aromatic nitrogens is 2. The van der Waals surface area contributed by atoms with E-state index < -0.39 is 0 Å². The molecule has 5 heteroatoms. The van der Waals surface area contributed by atoms with Crippen molar-refractivity contribution in [2.75, 3.05) is 7.11 Å². The Balaban J connectivity index is 2.54. The highest BCUT2D eigenvalue weighted by atomic mass is 32.1. The van der Waals surface area contributed by atoms with Gasteiger partial charge in [0.05, 0.1) is 12.6 Å². The summed E-state index contributed by atoms with van der Waals surface area (Å²) in [5.74, 6) is 0.642. The lowest BCUT2D eigenvalue weighted by Gasteiger charge is -1.94. The van der Waals surface area contributed by atoms with E-state index in [4.69, 9.17) is 4.74 Å². The number of fused-ring (bicyclic) bond motifs is 1. The molecule has 0 atom stereocenters. The molecule has 0 saturated heterocycles. The van der Waals surface area contributed by atoms with Crippen LogP contribution >= 0.6 is 11.3 Å². The van der Waals surface area contributed by atoms with Gasteiger partial charge in [0.25, 0.3) is 0 Å². The molecule has 2 heterocycles. The van der Waals surface area contributed by atoms with Crippen LogP contribution in [0.3, 0.4) is 0 Å². The van der Waals surface area contributed by atoms with Crippen molar-refractivity contribution in [3.63, 3.8) is 0 Å². The minimum Gasteiger partial charge on any atom is -0.465 e. The number of thiophene rings is 1. The van der Waals surface area contributed by atoms with Gasteiger partial charge in [-0.3, -0.25) is 0 Å². The number of H-pyrrole nitrogens is 1. The van der Waals surface area contributed by atoms with E-state index in [1.807, 2.05) is 6.92 Å². The molecule has 0 fully saturated rings. The van der Waals surface area contributed by atoms with Crippen molar-refractivity contribution < 1.29 is 9.53 Å². The molecule has 0 radical (unpaired) electrons. The Labute approximate surface area is 97.6 Å². The maximum absolute atomic E-state index is 11.5. The SMILES string of the molecule is CCCc1nc2c(C)sc(C(=O)OC)c2[nH]1. The van der Waals surface area contributed by atoms with Gasteiger partial charge in [0.1, 0.15) is 16.2 Å². The number of esters is 1. The molecule has 0 bridgehead atoms. The average molecular weight is 238 g/mol. The molecule has 0 aliphatic carbocycles. The highest BCUT2D eigenvalue weighted by Gasteiger charge is 2.19. The minimum absolute atomic E-state index is 0.296. The van der Waals surface area contributed by atoms with Crippen LogP contribution in [0.15, 0.2) is 0 Å². The summed E-state index contributed by atoms with van der Waals surface area (Å²) in [5.41, 5.74) is 1.71. The Kier molecular flexibility index (Phi) is 2.96. The van der Waals surface area contributed by atoms with E-state index in [2.05, 4.69) is 16.9 Å². The summed E-state index contributed by atoms with van der Waals surface area (Å²) < 4.78 is 4.75. The molecule has 0 unspecified atom stereocenters. The van der Waals surface area contributed by atoms with Gasteiger partial charge >= 0.3 is 5.97 Å². The van der Waals surface area contributed by atoms with Gasteiger partial charge in [-0.25, -0.2) is 9.78 Å². The largest absolute Gasteiger partial charge is 0.465 e. The van der Waals surface area contributed by atoms with E-state index in [1.165, 1.54) is 18.4 Å². The highest BCUT2D eigenvalue weighted by molar-refractivity contribution is 7.15. The predicted molar refractivity (Wildman–Crippen MR) is 64.0 cm³/mol. The first-order chi connectivity index (χ1) is 7.67. The van der Waals surface area contributed by atoms with Crippen molar-refractivity contribution in [1.82, 2.24) is 9.97 Å². The number of rotatable bonds is 3. The maximum Gasteiger partial charge on any atom is 0.350 e. The predicted octanol–water partition coefficient (Wildman–Crippen LogP) is 2.67. The molecule has 16 heavy (non-hydrogen) atoms. The fraction of sp³-hybridized carbons (Fsp3) is 0.455. The normalized spacial score (nSPS) is 10.9. The van der Waals surface area contributed by atoms with Gasteiger partial charge in [0, 0.05) is 11.3 Å². The molecular weight excluding hydrogens is 224 g/mol. The van der Waals surface area contributed by atoms with Gasteiger partial charge in [-0.2, -0.15) is 0 Å². The molecule has 1 N–H and O–H groups in total. The van der Waals surface area contributed by atoms with Crippen molar-refractivity contribution >= 4 is 28.3 Å². The number of aryl methyl sites for hydroxylation is 2. The van der Waals surface area contributed by atoms with Crippen molar-refractivity contribution in [2.24, 2.45) is 0 Å². The van der Waals surface area contributed by atoms with Crippen LogP contribution in [0.2, 0.25) is 0 Å². The number of aromatic amines is 1. The van der Waals surface area contributed by atoms with E-state index in [-0.39, 0.29) is 5.97 Å². The maximum atomic E-state index is 11.5. The van der Waals surface area contributed by atoms with Crippen LogP contribution in [-0.4, -0.2) is 23.0 Å². The summed E-state index contributed by atoms with van der Waals surface area (Å²) in [5, 5.41) is 0. The number of carbonyl (C=O) groups is 1. The Morgan fingerprint density at radius 3 is 2.94 bits per heavy atom. The minimum atomic E-state index is -0.296. The summed E-state index contributed by atoms with van der Waals surface area (Å²) in [4.78, 5) is 20.9. The van der Waals surface area contributed by atoms with Gasteiger partial charge in [-0.15, -0.1) is 11.3 Å². The van der Waals surface area contributed by atoms with Gasteiger partial charge in [0.15, 0.2) is 0 Å². The lowest BCUT2D eigenvalue weighted by atomic mass is 10.3. The summed E-state index contributed by atoms with van der Waals surface area (Å²) >= 11 is 1.43. The fourth-order valence-electron chi connectivity index (χ4n) is 1.69. The van der Waals surface area contributed by atoms with Crippen LogP contribution < -0.4 is 0 Å². The second-order valence-corrected chi connectivity index (χ2v) is 4.86. The summed E-state index contributed by atoms with van der Waals surface area (Å²) in [6, 6.07) is 0. The first-order valence-corrected chi connectivity index (χ1v) is 6.05. The third-order valence-electron chi connectivity index (χ3n) is 2.43. The number of carbonyl (C=O) groups excluding carboxylic acids is 1. The lowest BCUT2D eigenvalue weighted by molar-refractivity contribution is 0.0608. The fourth-order valence-corrected chi connectivity index (χ4v) is 2.65. The molecule has 86 valence electrons. The van der Waals surface area contributed by atoms with Gasteiger partial charge in [-0.1, -0.05) is 6.92 Å². The molecule has 0 amide bonds. The molecular formula is C11H14N2O2S. The number of hydrogen-bond acceptors (Lipinski definition) is 4. The quantitative estimate of drug-likeness (QED) is 0.836. The molecule has 4 nitrogen and oxygen atoms in total. The molecule has 0 saturated carbocycles. The third-order valence-corrected chi connectivity index (χ3v) is 3.50. The van der Waals surface area contributed by atoms with Crippen LogP contribution in [0.4, 0.5) is 0 Å². The standard InChI is InChI=1S/C11H14N2O2S/c1-4-5-7-12-8-6(2)16-10(9(8)13-7)11(14)15-3/h4-5H2,1-3H3,(H,12,13). The molecule has 0 aliphatic rings. The van der Waals surface area contributed by atoms with E-state index in [1.54, 1.807) is 0 Å². The van der Waals surface area contributed by atoms with Crippen molar-refractivity contribution in [3.05, 3.63) is 15.6 Å². The van der Waals surface area contributed by atoms with Crippen LogP contribution in [-0.2, 0) is 11.2 Å². The van der Waals surface area contributed by atoms with E-state index in [9.17, 15) is 4.79 Å². The van der Waals surface area contributed by atoms with Crippen molar-refractivity contribution in [3.8, 4) is 0 Å². The van der Waals surface area contributed by atoms with Crippen LogP contribution in [0.25, 0.3) is 11.0 Å². The first kappa shape index (κ1) is 11.1. The topological polar surface area (TPSA) is 55.0 Å². The summed E-state index contributed by atoms with van der Waals surface area (Å²) in [6.07, 6.45) is 1.94. The second kappa shape index (κ2) is 4.25. The van der Waals surface area contributed by atoms with E-state index in [0.717, 1.165) is 34.6 Å². The summed E-state index contributed by atoms with van der Waals surface area (Å²) in [6.45, 7) is 4.07. The number of methoxy groups -OCH3 is 1. The molecule has 2 aromatic heterocycles. The zero-order chi connectivity index (χ0) is 11.7. The lowest BCUT2D eigenvalue weighted by Crippen LogP contribution is -1.98. The Bertz CT molecular complexity index is 527. The number of imidazole rings is 1. The van der Waals surface area contributed by atoms with Crippen LogP contribution in [0.5, 0.6) is 0 Å². The number of nitrogens with zero attached hydrogens (tertiary/aromatic N) is 1. The van der Waals surface area contributed by atoms with E-state index in [0.29, 0.717) is 4.88 Å². The van der Waals surface area contributed by atoms with Crippen LogP contribution in [0, 0.1) is 6.92 Å². The third kappa shape index (κ3) is 1.71. The zero-order valence-electron chi connectivity index (χ0n) is 9.59. The van der Waals surface area contributed by atoms with Gasteiger partial charge < -0.3 is 9.72 Å². The Hall–Kier alpha value is -1.36. The number of ether oxygens (including phenoxy) is 1. The van der Waals surface area contributed by atoms with Gasteiger partial charge in [-0.05, 0) is 13.3 Å². The van der Waals surface area contributed by atoms with Crippen LogP contribution in [0.1, 0.15) is 33.7 Å². The molecule has 0 aromatic carbocycles. The number of nitrogens with one attached hydrogen (secondary N) is 1. The zero-order valence-corrected chi connectivity index (χ0v) is 10.4. The Morgan fingerprint density at radius 1 is 1.56 bits per heavy atom. The smallest absolute Gasteiger partial charge is 0.350 e. The molecule has 2 aromatic rings. The first-order valence-electron chi connectivity index (χ1n) is 5.23. The van der Waals surface area contributed by atoms with Gasteiger partial charge in [0.2, 0.25) is 0 Å². The van der Waals surface area contributed by atoms with Crippen molar-refractivity contribution in [1.29, 1.82) is 0 Å². The monoisotopic (exact) mass is 238 g/mol.